The first-order chi connectivity index (χ1) is 9.06. The molecule has 0 spiro atoms. The molecule has 0 aromatic heterocycles. The van der Waals surface area contributed by atoms with E-state index in [1.165, 1.54) is 24.3 Å². The van der Waals surface area contributed by atoms with E-state index in [-0.39, 0.29) is 30.6 Å². The van der Waals surface area contributed by atoms with Crippen molar-refractivity contribution in [2.75, 3.05) is 11.5 Å². The van der Waals surface area contributed by atoms with Gasteiger partial charge < -0.3 is 20.8 Å². The van der Waals surface area contributed by atoms with E-state index in [9.17, 15) is 8.78 Å². The molecule has 98 valence electrons. The largest absolute Gasteiger partial charge is 0.576 e. The Kier molecular flexibility index (Phi) is 3.75. The number of rotatable bonds is 4. The van der Waals surface area contributed by atoms with Crippen molar-refractivity contribution < 1.29 is 18.1 Å². The Morgan fingerprint density at radius 1 is 0.789 bits per heavy atom. The van der Waals surface area contributed by atoms with Gasteiger partial charge >= 0.3 is 7.69 Å². The molecule has 7 heteroatoms. The monoisotopic (exact) mass is 264 g/mol. The first kappa shape index (κ1) is 13.0. The van der Waals surface area contributed by atoms with E-state index < -0.39 is 11.6 Å². The molecule has 0 amide bonds. The maximum atomic E-state index is 13.4. The average molecular weight is 264 g/mol. The van der Waals surface area contributed by atoms with E-state index >= 15 is 0 Å². The van der Waals surface area contributed by atoms with Crippen LogP contribution in [-0.2, 0) is 0 Å². The Morgan fingerprint density at radius 3 is 1.58 bits per heavy atom. The van der Waals surface area contributed by atoms with Crippen molar-refractivity contribution in [3.63, 3.8) is 0 Å². The second-order valence-corrected chi connectivity index (χ2v) is 3.79. The van der Waals surface area contributed by atoms with Gasteiger partial charge in [0, 0.05) is 23.5 Å². The lowest BCUT2D eigenvalue weighted by atomic mass is 10.2. The molecule has 0 saturated carbocycles. The van der Waals surface area contributed by atoms with Gasteiger partial charge in [0.15, 0.2) is 11.6 Å². The van der Waals surface area contributed by atoms with Crippen molar-refractivity contribution in [3.8, 4) is 11.5 Å². The third kappa shape index (κ3) is 3.28. The zero-order chi connectivity index (χ0) is 13.8. The molecule has 4 nitrogen and oxygen atoms in total. The van der Waals surface area contributed by atoms with Crippen LogP contribution in [0.4, 0.5) is 20.2 Å². The second-order valence-electron chi connectivity index (χ2n) is 3.79. The van der Waals surface area contributed by atoms with Crippen LogP contribution in [0.2, 0.25) is 0 Å². The highest BCUT2D eigenvalue weighted by Gasteiger charge is 2.08. The van der Waals surface area contributed by atoms with Crippen LogP contribution < -0.4 is 20.8 Å². The third-order valence-corrected chi connectivity index (χ3v) is 2.34. The number of hydrogen-bond acceptors (Lipinski definition) is 4. The van der Waals surface area contributed by atoms with Gasteiger partial charge in [0.25, 0.3) is 0 Å². The molecular formula is C12H11BF2N2O2. The van der Waals surface area contributed by atoms with Crippen molar-refractivity contribution in [2.45, 2.75) is 0 Å². The van der Waals surface area contributed by atoms with Crippen LogP contribution in [0.15, 0.2) is 36.4 Å². The summed E-state index contributed by atoms with van der Waals surface area (Å²) in [6, 6.07) is 7.96. The summed E-state index contributed by atoms with van der Waals surface area (Å²) in [4.78, 5) is 0. The molecule has 0 saturated heterocycles. The summed E-state index contributed by atoms with van der Waals surface area (Å²) in [5.74, 6) is -1.27. The summed E-state index contributed by atoms with van der Waals surface area (Å²) in [7, 11) is -0.332. The van der Waals surface area contributed by atoms with Crippen LogP contribution in [0.1, 0.15) is 0 Å². The summed E-state index contributed by atoms with van der Waals surface area (Å²) in [6.45, 7) is 0. The van der Waals surface area contributed by atoms with Crippen molar-refractivity contribution in [1.29, 1.82) is 0 Å². The second kappa shape index (κ2) is 5.47. The SMILES string of the molecule is Nc1ccc(OBOc2ccc(N)cc2F)c(F)c1. The van der Waals surface area contributed by atoms with Gasteiger partial charge in [0.05, 0.1) is 0 Å². The summed E-state index contributed by atoms with van der Waals surface area (Å²) < 4.78 is 36.8. The minimum absolute atomic E-state index is 0.0231. The predicted octanol–water partition coefficient (Wildman–Crippen LogP) is 1.85. The first-order valence-electron chi connectivity index (χ1n) is 5.42. The zero-order valence-electron chi connectivity index (χ0n) is 9.90. The molecule has 0 heterocycles. The molecule has 2 aromatic carbocycles. The fraction of sp³-hybridized carbons (Fsp3) is 0. The number of nitrogens with two attached hydrogens (primary N) is 2. The van der Waals surface area contributed by atoms with Crippen molar-refractivity contribution in [1.82, 2.24) is 0 Å². The van der Waals surface area contributed by atoms with Crippen LogP contribution >= 0.6 is 0 Å². The quantitative estimate of drug-likeness (QED) is 0.653. The van der Waals surface area contributed by atoms with E-state index in [0.29, 0.717) is 0 Å². The Hall–Kier alpha value is -2.44. The highest BCUT2D eigenvalue weighted by molar-refractivity contribution is 6.20. The lowest BCUT2D eigenvalue weighted by molar-refractivity contribution is 0.421. The van der Waals surface area contributed by atoms with Gasteiger partial charge in [-0.05, 0) is 24.3 Å². The standard InChI is InChI=1S/C12H11BF2N2O2/c14-9-5-7(16)1-3-11(9)18-13-19-12-4-2-8(17)6-10(12)15/h1-6,13H,16-17H2. The van der Waals surface area contributed by atoms with E-state index in [1.54, 1.807) is 0 Å². The van der Waals surface area contributed by atoms with E-state index in [2.05, 4.69) is 0 Å². The van der Waals surface area contributed by atoms with Gasteiger partial charge in [-0.15, -0.1) is 0 Å². The summed E-state index contributed by atoms with van der Waals surface area (Å²) in [5.41, 5.74) is 11.4. The predicted molar refractivity (Wildman–Crippen MR) is 70.0 cm³/mol. The lowest BCUT2D eigenvalue weighted by Crippen LogP contribution is -2.12. The molecule has 0 aliphatic rings. The summed E-state index contributed by atoms with van der Waals surface area (Å²) in [6.07, 6.45) is 0. The van der Waals surface area contributed by atoms with Gasteiger partial charge in [-0.2, -0.15) is 0 Å². The van der Waals surface area contributed by atoms with Crippen LogP contribution in [0.5, 0.6) is 11.5 Å². The van der Waals surface area contributed by atoms with Gasteiger partial charge in [-0.25, -0.2) is 8.78 Å². The Morgan fingerprint density at radius 2 is 1.21 bits per heavy atom. The fourth-order valence-corrected chi connectivity index (χ4v) is 1.42. The highest BCUT2D eigenvalue weighted by atomic mass is 19.1. The molecule has 0 aliphatic carbocycles. The van der Waals surface area contributed by atoms with Gasteiger partial charge in [-0.1, -0.05) is 0 Å². The van der Waals surface area contributed by atoms with E-state index in [4.69, 9.17) is 20.8 Å². The topological polar surface area (TPSA) is 70.5 Å². The molecule has 2 rings (SSSR count). The average Bonchev–Trinajstić information content (AvgIpc) is 2.34. The van der Waals surface area contributed by atoms with Crippen molar-refractivity contribution >= 4 is 19.1 Å². The van der Waals surface area contributed by atoms with E-state index in [0.717, 1.165) is 12.1 Å². The van der Waals surface area contributed by atoms with E-state index in [1.807, 2.05) is 0 Å². The molecule has 2 aromatic rings. The molecule has 19 heavy (non-hydrogen) atoms. The molecule has 0 aliphatic heterocycles. The summed E-state index contributed by atoms with van der Waals surface area (Å²) >= 11 is 0. The molecule has 0 unspecified atom stereocenters. The first-order valence-corrected chi connectivity index (χ1v) is 5.42. The van der Waals surface area contributed by atoms with Gasteiger partial charge in [0.1, 0.15) is 11.5 Å². The van der Waals surface area contributed by atoms with Crippen LogP contribution in [0.3, 0.4) is 0 Å². The smallest absolute Gasteiger partial charge is 0.526 e. The lowest BCUT2D eigenvalue weighted by Gasteiger charge is -2.09. The van der Waals surface area contributed by atoms with Crippen LogP contribution in [-0.4, -0.2) is 7.69 Å². The number of halogens is 2. The molecule has 4 N–H and O–H groups in total. The van der Waals surface area contributed by atoms with Crippen LogP contribution in [0.25, 0.3) is 0 Å². The maximum absolute atomic E-state index is 13.4. The Balaban J connectivity index is 1.96. The molecular weight excluding hydrogens is 253 g/mol. The van der Waals surface area contributed by atoms with Gasteiger partial charge in [-0.3, -0.25) is 0 Å². The third-order valence-electron chi connectivity index (χ3n) is 2.34. The fourth-order valence-electron chi connectivity index (χ4n) is 1.42. The number of anilines is 2. The normalized spacial score (nSPS) is 10.0. The number of benzene rings is 2. The molecule has 0 radical (unpaired) electrons. The molecule has 0 bridgehead atoms. The van der Waals surface area contributed by atoms with Crippen molar-refractivity contribution in [3.05, 3.63) is 48.0 Å². The van der Waals surface area contributed by atoms with Gasteiger partial charge in [0.2, 0.25) is 0 Å². The minimum atomic E-state index is -0.610. The Bertz CT molecular complexity index is 544. The van der Waals surface area contributed by atoms with Crippen LogP contribution in [0, 0.1) is 11.6 Å². The minimum Gasteiger partial charge on any atom is -0.526 e. The number of nitrogen functional groups attached to an aromatic ring is 2. The molecule has 0 atom stereocenters. The summed E-state index contributed by atoms with van der Waals surface area (Å²) in [5, 5.41) is 0. The Labute approximate surface area is 109 Å². The zero-order valence-corrected chi connectivity index (χ0v) is 9.90. The maximum Gasteiger partial charge on any atom is 0.576 e. The highest BCUT2D eigenvalue weighted by Crippen LogP contribution is 2.21. The van der Waals surface area contributed by atoms with Crippen molar-refractivity contribution in [2.24, 2.45) is 0 Å². The number of hydrogen-bond donors (Lipinski definition) is 2. The molecule has 0 fully saturated rings.